The molecule has 0 unspecified atom stereocenters. The summed E-state index contributed by atoms with van der Waals surface area (Å²) in [6, 6.07) is 12.0. The van der Waals surface area contributed by atoms with Crippen molar-refractivity contribution in [1.29, 1.82) is 0 Å². The van der Waals surface area contributed by atoms with E-state index < -0.39 is 0 Å². The van der Waals surface area contributed by atoms with Crippen LogP contribution in [0.25, 0.3) is 21.7 Å². The maximum atomic E-state index is 5.23. The topological polar surface area (TPSA) is 47.0 Å². The predicted molar refractivity (Wildman–Crippen MR) is 90.1 cm³/mol. The fraction of sp³-hybridized carbons (Fsp3) is 0.176. The van der Waals surface area contributed by atoms with Crippen LogP contribution in [0.5, 0.6) is 5.75 Å². The van der Waals surface area contributed by atoms with Gasteiger partial charge >= 0.3 is 0 Å². The second-order valence-corrected chi connectivity index (χ2v) is 5.87. The summed E-state index contributed by atoms with van der Waals surface area (Å²) in [5.74, 6) is 0.845. The van der Waals surface area contributed by atoms with Crippen LogP contribution in [0.3, 0.4) is 0 Å². The summed E-state index contributed by atoms with van der Waals surface area (Å²) < 4.78 is 5.23. The van der Waals surface area contributed by atoms with E-state index in [1.54, 1.807) is 24.6 Å². The van der Waals surface area contributed by atoms with Gasteiger partial charge in [-0.1, -0.05) is 6.07 Å². The first-order valence-electron chi connectivity index (χ1n) is 7.01. The molecule has 0 fully saturated rings. The second-order valence-electron chi connectivity index (χ2n) is 4.79. The van der Waals surface area contributed by atoms with Crippen LogP contribution in [0.4, 0.5) is 0 Å². The smallest absolute Gasteiger partial charge is 0.118 e. The van der Waals surface area contributed by atoms with Crippen molar-refractivity contribution in [3.05, 3.63) is 53.8 Å². The lowest BCUT2D eigenvalue weighted by Gasteiger charge is -2.04. The van der Waals surface area contributed by atoms with Crippen LogP contribution in [0.15, 0.2) is 48.8 Å². The van der Waals surface area contributed by atoms with E-state index in [1.165, 1.54) is 0 Å². The SMILES string of the molecule is CNCc1nc(-c2ccc(OC)cc2)c(-c2cccnc2)s1. The zero-order valence-corrected chi connectivity index (χ0v) is 13.4. The zero-order valence-electron chi connectivity index (χ0n) is 12.5. The van der Waals surface area contributed by atoms with Gasteiger partial charge in [0, 0.05) is 30.1 Å². The monoisotopic (exact) mass is 311 g/mol. The molecule has 0 amide bonds. The van der Waals surface area contributed by atoms with Crippen LogP contribution < -0.4 is 10.1 Å². The Hall–Kier alpha value is -2.24. The molecule has 0 aliphatic heterocycles. The van der Waals surface area contributed by atoms with Crippen molar-refractivity contribution in [2.45, 2.75) is 6.54 Å². The molecular weight excluding hydrogens is 294 g/mol. The molecule has 0 radical (unpaired) electrons. The summed E-state index contributed by atoms with van der Waals surface area (Å²) in [6.45, 7) is 0.758. The van der Waals surface area contributed by atoms with Gasteiger partial charge < -0.3 is 10.1 Å². The lowest BCUT2D eigenvalue weighted by atomic mass is 10.1. The average Bonchev–Trinajstić information content (AvgIpc) is 3.00. The van der Waals surface area contributed by atoms with Gasteiger partial charge in [0.1, 0.15) is 10.8 Å². The lowest BCUT2D eigenvalue weighted by molar-refractivity contribution is 0.415. The van der Waals surface area contributed by atoms with Gasteiger partial charge in [-0.3, -0.25) is 4.98 Å². The molecule has 112 valence electrons. The number of ether oxygens (including phenoxy) is 1. The van der Waals surface area contributed by atoms with Crippen molar-refractivity contribution in [3.63, 3.8) is 0 Å². The number of nitrogens with zero attached hydrogens (tertiary/aromatic N) is 2. The van der Waals surface area contributed by atoms with E-state index >= 15 is 0 Å². The molecular formula is C17H17N3OS. The second kappa shape index (κ2) is 6.68. The van der Waals surface area contributed by atoms with Crippen LogP contribution >= 0.6 is 11.3 Å². The molecule has 0 atom stereocenters. The minimum atomic E-state index is 0.758. The molecule has 0 saturated heterocycles. The molecule has 2 heterocycles. The van der Waals surface area contributed by atoms with Gasteiger partial charge in [-0.05, 0) is 37.4 Å². The zero-order chi connectivity index (χ0) is 15.4. The number of methoxy groups -OCH3 is 1. The Labute approximate surface area is 133 Å². The van der Waals surface area contributed by atoms with Gasteiger partial charge in [0.05, 0.1) is 17.7 Å². The Morgan fingerprint density at radius 1 is 1.14 bits per heavy atom. The quantitative estimate of drug-likeness (QED) is 0.782. The molecule has 0 aliphatic carbocycles. The van der Waals surface area contributed by atoms with Crippen LogP contribution in [-0.4, -0.2) is 24.1 Å². The van der Waals surface area contributed by atoms with Crippen LogP contribution in [-0.2, 0) is 6.54 Å². The number of hydrogen-bond acceptors (Lipinski definition) is 5. The summed E-state index contributed by atoms with van der Waals surface area (Å²) in [7, 11) is 3.60. The summed E-state index contributed by atoms with van der Waals surface area (Å²) in [4.78, 5) is 10.2. The molecule has 0 aliphatic rings. The molecule has 1 aromatic carbocycles. The Balaban J connectivity index is 2.08. The highest BCUT2D eigenvalue weighted by atomic mass is 32.1. The minimum Gasteiger partial charge on any atom is -0.497 e. The maximum Gasteiger partial charge on any atom is 0.118 e. The maximum absolute atomic E-state index is 5.23. The van der Waals surface area contributed by atoms with Crippen LogP contribution in [0.2, 0.25) is 0 Å². The standard InChI is InChI=1S/C17H17N3OS/c1-18-11-15-20-16(12-5-7-14(21-2)8-6-12)17(22-15)13-4-3-9-19-10-13/h3-10,18H,11H2,1-2H3. The van der Waals surface area contributed by atoms with Gasteiger partial charge in [0.25, 0.3) is 0 Å². The first-order valence-corrected chi connectivity index (χ1v) is 7.82. The van der Waals surface area contributed by atoms with Gasteiger partial charge in [-0.15, -0.1) is 11.3 Å². The fourth-order valence-corrected chi connectivity index (χ4v) is 3.32. The van der Waals surface area contributed by atoms with E-state index in [-0.39, 0.29) is 0 Å². The molecule has 3 aromatic rings. The van der Waals surface area contributed by atoms with Crippen molar-refractivity contribution in [2.75, 3.05) is 14.2 Å². The van der Waals surface area contributed by atoms with E-state index in [1.807, 2.05) is 43.6 Å². The van der Waals surface area contributed by atoms with Crippen LogP contribution in [0, 0.1) is 0 Å². The molecule has 2 aromatic heterocycles. The Morgan fingerprint density at radius 3 is 2.59 bits per heavy atom. The Kier molecular flexibility index (Phi) is 4.46. The largest absolute Gasteiger partial charge is 0.497 e. The fourth-order valence-electron chi connectivity index (χ4n) is 2.23. The summed E-state index contributed by atoms with van der Waals surface area (Å²) in [5, 5.41) is 4.22. The third-order valence-electron chi connectivity index (χ3n) is 3.29. The number of thiazole rings is 1. The molecule has 0 spiro atoms. The van der Waals surface area contributed by atoms with Crippen LogP contribution in [0.1, 0.15) is 5.01 Å². The van der Waals surface area contributed by atoms with Gasteiger partial charge in [-0.25, -0.2) is 4.98 Å². The summed E-state index contributed by atoms with van der Waals surface area (Å²) in [5.41, 5.74) is 3.16. The summed E-state index contributed by atoms with van der Waals surface area (Å²) >= 11 is 1.70. The van der Waals surface area contributed by atoms with E-state index in [0.717, 1.165) is 39.0 Å². The number of hydrogen-bond donors (Lipinski definition) is 1. The molecule has 4 nitrogen and oxygen atoms in total. The average molecular weight is 311 g/mol. The van der Waals surface area contributed by atoms with E-state index in [2.05, 4.69) is 16.4 Å². The van der Waals surface area contributed by atoms with Crippen molar-refractivity contribution < 1.29 is 4.74 Å². The molecule has 5 heteroatoms. The third kappa shape index (κ3) is 3.00. The first-order chi connectivity index (χ1) is 10.8. The number of benzene rings is 1. The number of aromatic nitrogens is 2. The number of nitrogens with one attached hydrogen (secondary N) is 1. The molecule has 22 heavy (non-hydrogen) atoms. The number of rotatable bonds is 5. The van der Waals surface area contributed by atoms with Crippen molar-refractivity contribution in [2.24, 2.45) is 0 Å². The molecule has 0 bridgehead atoms. The van der Waals surface area contributed by atoms with Crippen molar-refractivity contribution in [3.8, 4) is 27.4 Å². The summed E-state index contributed by atoms with van der Waals surface area (Å²) in [6.07, 6.45) is 3.66. The third-order valence-corrected chi connectivity index (χ3v) is 4.39. The highest BCUT2D eigenvalue weighted by Crippen LogP contribution is 2.36. The molecule has 0 saturated carbocycles. The van der Waals surface area contributed by atoms with Crippen molar-refractivity contribution >= 4 is 11.3 Å². The Morgan fingerprint density at radius 2 is 1.95 bits per heavy atom. The minimum absolute atomic E-state index is 0.758. The lowest BCUT2D eigenvalue weighted by Crippen LogP contribution is -2.04. The van der Waals surface area contributed by atoms with Gasteiger partial charge in [-0.2, -0.15) is 0 Å². The van der Waals surface area contributed by atoms with E-state index in [4.69, 9.17) is 9.72 Å². The highest BCUT2D eigenvalue weighted by molar-refractivity contribution is 7.15. The Bertz CT molecular complexity index is 738. The van der Waals surface area contributed by atoms with Crippen molar-refractivity contribution in [1.82, 2.24) is 15.3 Å². The first kappa shape index (κ1) is 14.7. The normalized spacial score (nSPS) is 10.6. The predicted octanol–water partition coefficient (Wildman–Crippen LogP) is 3.60. The van der Waals surface area contributed by atoms with E-state index in [0.29, 0.717) is 0 Å². The van der Waals surface area contributed by atoms with E-state index in [9.17, 15) is 0 Å². The van der Waals surface area contributed by atoms with Gasteiger partial charge in [0.2, 0.25) is 0 Å². The number of pyridine rings is 1. The molecule has 1 N–H and O–H groups in total. The molecule has 3 rings (SSSR count). The van der Waals surface area contributed by atoms with Gasteiger partial charge in [0.15, 0.2) is 0 Å². The highest BCUT2D eigenvalue weighted by Gasteiger charge is 2.14.